The number of carbonyl (C=O) groups excluding carboxylic acids is 1. The Labute approximate surface area is 218 Å². The highest BCUT2D eigenvalue weighted by Gasteiger charge is 2.51. The maximum Gasteiger partial charge on any atom is 0.494 e. The molecule has 3 heterocycles. The minimum Gasteiger partial charge on any atom is -0.444 e. The molecule has 7 nitrogen and oxygen atoms in total. The Morgan fingerprint density at radius 1 is 1.03 bits per heavy atom. The zero-order valence-corrected chi connectivity index (χ0v) is 23.7. The number of likely N-dealkylation sites (tertiary alicyclic amines) is 1. The van der Waals surface area contributed by atoms with Crippen LogP contribution < -0.4 is 10.4 Å². The van der Waals surface area contributed by atoms with Crippen LogP contribution in [0.4, 0.5) is 10.5 Å². The fourth-order valence-corrected chi connectivity index (χ4v) is 5.41. The van der Waals surface area contributed by atoms with Crippen molar-refractivity contribution >= 4 is 24.4 Å². The molecular weight excluding hydrogens is 453 g/mol. The van der Waals surface area contributed by atoms with E-state index in [4.69, 9.17) is 14.0 Å². The van der Waals surface area contributed by atoms with Crippen molar-refractivity contribution in [3.8, 4) is 0 Å². The number of rotatable bonds is 5. The number of carbonyl (C=O) groups is 1. The molecule has 0 spiro atoms. The third-order valence-corrected chi connectivity index (χ3v) is 8.36. The van der Waals surface area contributed by atoms with Gasteiger partial charge in [-0.2, -0.15) is 0 Å². The number of benzene rings is 1. The van der Waals surface area contributed by atoms with Crippen LogP contribution >= 0.6 is 0 Å². The van der Waals surface area contributed by atoms with E-state index in [-0.39, 0.29) is 24.4 Å². The number of anilines is 1. The van der Waals surface area contributed by atoms with Gasteiger partial charge in [-0.05, 0) is 98.3 Å². The van der Waals surface area contributed by atoms with Gasteiger partial charge in [-0.25, -0.2) is 4.79 Å². The van der Waals surface area contributed by atoms with Gasteiger partial charge in [0.15, 0.2) is 0 Å². The van der Waals surface area contributed by atoms with Crippen LogP contribution in [0.1, 0.15) is 67.7 Å². The molecule has 1 amide bonds. The fourth-order valence-electron chi connectivity index (χ4n) is 5.41. The zero-order chi connectivity index (χ0) is 26.3. The van der Waals surface area contributed by atoms with E-state index < -0.39 is 5.60 Å². The van der Waals surface area contributed by atoms with Crippen LogP contribution in [0.2, 0.25) is 0 Å². The number of nitrogens with zero attached hydrogens (tertiary/aromatic N) is 3. The molecule has 1 aromatic rings. The van der Waals surface area contributed by atoms with E-state index in [1.165, 1.54) is 12.1 Å². The SMILES string of the molecule is CN(CC1CCN(c2ccc(B3OC(C)(C)C(C)(C)O3)cc2)C1)C1CCN(C(=O)OC(C)(C)C)CC1. The first-order valence-corrected chi connectivity index (χ1v) is 13.6. The van der Waals surface area contributed by atoms with Gasteiger partial charge in [0.25, 0.3) is 0 Å². The summed E-state index contributed by atoms with van der Waals surface area (Å²) in [4.78, 5) is 19.2. The molecule has 0 radical (unpaired) electrons. The number of hydrogen-bond donors (Lipinski definition) is 0. The topological polar surface area (TPSA) is 54.5 Å². The Morgan fingerprint density at radius 2 is 1.61 bits per heavy atom. The summed E-state index contributed by atoms with van der Waals surface area (Å²) < 4.78 is 18.0. The number of hydrogen-bond acceptors (Lipinski definition) is 6. The lowest BCUT2D eigenvalue weighted by atomic mass is 9.79. The Kier molecular flexibility index (Phi) is 7.72. The van der Waals surface area contributed by atoms with E-state index in [0.717, 1.165) is 51.0 Å². The van der Waals surface area contributed by atoms with Gasteiger partial charge in [0, 0.05) is 44.5 Å². The molecule has 3 fully saturated rings. The van der Waals surface area contributed by atoms with E-state index in [9.17, 15) is 4.79 Å². The highest BCUT2D eigenvalue weighted by molar-refractivity contribution is 6.62. The third-order valence-electron chi connectivity index (χ3n) is 8.36. The summed E-state index contributed by atoms with van der Waals surface area (Å²) in [6.07, 6.45) is 3.04. The lowest BCUT2D eigenvalue weighted by Gasteiger charge is -2.38. The van der Waals surface area contributed by atoms with E-state index >= 15 is 0 Å². The molecular formula is C28H46BN3O4. The summed E-state index contributed by atoms with van der Waals surface area (Å²) >= 11 is 0. The molecule has 1 atom stereocenters. The number of amides is 1. The van der Waals surface area contributed by atoms with Crippen molar-refractivity contribution in [2.75, 3.05) is 44.7 Å². The molecule has 36 heavy (non-hydrogen) atoms. The molecule has 3 aliphatic rings. The molecule has 0 bridgehead atoms. The summed E-state index contributed by atoms with van der Waals surface area (Å²) in [6.45, 7) is 18.9. The van der Waals surface area contributed by atoms with Gasteiger partial charge in [0.1, 0.15) is 5.60 Å². The molecule has 1 unspecified atom stereocenters. The van der Waals surface area contributed by atoms with Crippen molar-refractivity contribution in [2.45, 2.75) is 90.6 Å². The molecule has 0 N–H and O–H groups in total. The van der Waals surface area contributed by atoms with Crippen LogP contribution in [-0.2, 0) is 14.0 Å². The highest BCUT2D eigenvalue weighted by Crippen LogP contribution is 2.36. The molecule has 0 saturated carbocycles. The van der Waals surface area contributed by atoms with E-state index in [1.807, 2.05) is 25.7 Å². The van der Waals surface area contributed by atoms with Crippen LogP contribution in [0.5, 0.6) is 0 Å². The number of piperidine rings is 1. The van der Waals surface area contributed by atoms with Crippen molar-refractivity contribution in [2.24, 2.45) is 5.92 Å². The third kappa shape index (κ3) is 6.20. The fraction of sp³-hybridized carbons (Fsp3) is 0.750. The molecule has 200 valence electrons. The average Bonchev–Trinajstić information content (AvgIpc) is 3.34. The standard InChI is InChI=1S/C28H46BN3O4/c1-26(2,3)34-25(33)31-17-14-23(15-18-31)30(8)19-21-13-16-32(20-21)24-11-9-22(10-12-24)29-35-27(4,5)28(6,7)36-29/h9-12,21,23H,13-20H2,1-8H3. The molecule has 3 saturated heterocycles. The van der Waals surface area contributed by atoms with Crippen molar-refractivity contribution < 1.29 is 18.8 Å². The van der Waals surface area contributed by atoms with Crippen LogP contribution in [0.15, 0.2) is 24.3 Å². The molecule has 8 heteroatoms. The first kappa shape index (κ1) is 27.3. The second-order valence-electron chi connectivity index (χ2n) is 12.9. The quantitative estimate of drug-likeness (QED) is 0.568. The number of ether oxygens (including phenoxy) is 1. The van der Waals surface area contributed by atoms with Gasteiger partial charge in [-0.15, -0.1) is 0 Å². The molecule has 4 rings (SSSR count). The maximum absolute atomic E-state index is 12.4. The van der Waals surface area contributed by atoms with Crippen molar-refractivity contribution in [1.29, 1.82) is 0 Å². The molecule has 0 aromatic heterocycles. The molecule has 3 aliphatic heterocycles. The van der Waals surface area contributed by atoms with Crippen LogP contribution in [-0.4, -0.2) is 85.6 Å². The summed E-state index contributed by atoms with van der Waals surface area (Å²) in [5.41, 5.74) is 1.26. The van der Waals surface area contributed by atoms with Crippen molar-refractivity contribution in [3.63, 3.8) is 0 Å². The Bertz CT molecular complexity index is 890. The highest BCUT2D eigenvalue weighted by atomic mass is 16.7. The lowest BCUT2D eigenvalue weighted by Crippen LogP contribution is -2.48. The Hall–Kier alpha value is -1.77. The van der Waals surface area contributed by atoms with E-state index in [0.29, 0.717) is 12.0 Å². The molecule has 1 aromatic carbocycles. The van der Waals surface area contributed by atoms with Gasteiger partial charge < -0.3 is 28.7 Å². The second-order valence-corrected chi connectivity index (χ2v) is 12.9. The van der Waals surface area contributed by atoms with Gasteiger partial charge >= 0.3 is 13.2 Å². The van der Waals surface area contributed by atoms with Crippen LogP contribution in [0, 0.1) is 5.92 Å². The maximum atomic E-state index is 12.4. The minimum atomic E-state index is -0.439. The minimum absolute atomic E-state index is 0.181. The van der Waals surface area contributed by atoms with Gasteiger partial charge in [0.2, 0.25) is 0 Å². The van der Waals surface area contributed by atoms with Gasteiger partial charge in [-0.1, -0.05) is 12.1 Å². The first-order valence-electron chi connectivity index (χ1n) is 13.6. The van der Waals surface area contributed by atoms with Crippen LogP contribution in [0.3, 0.4) is 0 Å². The van der Waals surface area contributed by atoms with E-state index in [1.54, 1.807) is 0 Å². The van der Waals surface area contributed by atoms with E-state index in [2.05, 4.69) is 68.8 Å². The predicted octanol–water partition coefficient (Wildman–Crippen LogP) is 4.14. The Morgan fingerprint density at radius 3 is 2.17 bits per heavy atom. The molecule has 0 aliphatic carbocycles. The van der Waals surface area contributed by atoms with Crippen LogP contribution in [0.25, 0.3) is 0 Å². The summed E-state index contributed by atoms with van der Waals surface area (Å²) in [6, 6.07) is 9.24. The lowest BCUT2D eigenvalue weighted by molar-refractivity contribution is 0.00578. The summed E-state index contributed by atoms with van der Waals surface area (Å²) in [7, 11) is 1.93. The van der Waals surface area contributed by atoms with Gasteiger partial charge in [0.05, 0.1) is 11.2 Å². The largest absolute Gasteiger partial charge is 0.494 e. The van der Waals surface area contributed by atoms with Crippen molar-refractivity contribution in [1.82, 2.24) is 9.80 Å². The zero-order valence-electron chi connectivity index (χ0n) is 23.7. The normalized spacial score (nSPS) is 24.6. The predicted molar refractivity (Wildman–Crippen MR) is 146 cm³/mol. The summed E-state index contributed by atoms with van der Waals surface area (Å²) in [5, 5.41) is 0. The smallest absolute Gasteiger partial charge is 0.444 e. The first-order chi connectivity index (χ1) is 16.7. The second kappa shape index (κ2) is 10.2. The average molecular weight is 500 g/mol. The van der Waals surface area contributed by atoms with Crippen molar-refractivity contribution in [3.05, 3.63) is 24.3 Å². The monoisotopic (exact) mass is 499 g/mol. The van der Waals surface area contributed by atoms with Gasteiger partial charge in [-0.3, -0.25) is 0 Å². The summed E-state index contributed by atoms with van der Waals surface area (Å²) in [5.74, 6) is 0.654. The Balaban J connectivity index is 1.24.